The van der Waals surface area contributed by atoms with Crippen LogP contribution in [0.3, 0.4) is 0 Å². The third-order valence-corrected chi connectivity index (χ3v) is 5.21. The van der Waals surface area contributed by atoms with E-state index in [2.05, 4.69) is 4.72 Å². The summed E-state index contributed by atoms with van der Waals surface area (Å²) in [5.74, 6) is -1.93. The number of sulfonamides is 1. The molecule has 0 spiro atoms. The molecule has 0 aromatic heterocycles. The molecule has 1 aromatic rings. The first-order valence-electron chi connectivity index (χ1n) is 7.44. The van der Waals surface area contributed by atoms with E-state index in [9.17, 15) is 28.4 Å². The average molecular weight is 358 g/mol. The summed E-state index contributed by atoms with van der Waals surface area (Å²) in [6.45, 7) is 6.26. The van der Waals surface area contributed by atoms with E-state index in [1.54, 1.807) is 0 Å². The van der Waals surface area contributed by atoms with Crippen LogP contribution < -0.4 is 4.72 Å². The number of carbonyl (C=O) groups is 1. The van der Waals surface area contributed by atoms with Crippen molar-refractivity contribution in [3.8, 4) is 0 Å². The molecule has 0 fully saturated rings. The minimum atomic E-state index is -4.21. The molecular formula is C15H22N2O6S. The summed E-state index contributed by atoms with van der Waals surface area (Å²) in [7, 11) is -4.21. The van der Waals surface area contributed by atoms with E-state index >= 15 is 0 Å². The van der Waals surface area contributed by atoms with Crippen LogP contribution >= 0.6 is 0 Å². The van der Waals surface area contributed by atoms with Crippen LogP contribution in [0.1, 0.15) is 31.4 Å². The van der Waals surface area contributed by atoms with E-state index in [1.165, 1.54) is 26.0 Å². The van der Waals surface area contributed by atoms with Crippen molar-refractivity contribution in [1.82, 2.24) is 4.72 Å². The number of rotatable bonds is 8. The van der Waals surface area contributed by atoms with E-state index in [1.807, 2.05) is 13.8 Å². The summed E-state index contributed by atoms with van der Waals surface area (Å²) >= 11 is 0. The second kappa shape index (κ2) is 7.71. The number of nitro groups is 1. The first-order valence-corrected chi connectivity index (χ1v) is 8.92. The minimum Gasteiger partial charge on any atom is -0.481 e. The highest BCUT2D eigenvalue weighted by Gasteiger charge is 2.31. The Hall–Kier alpha value is -2.00. The summed E-state index contributed by atoms with van der Waals surface area (Å²) in [6, 6.07) is 2.96. The SMILES string of the molecule is Cc1ccc(C)c(S(=O)(=O)NCC(CC(C)C)C(=O)O)c1[N+](=O)[O-]. The second-order valence-corrected chi connectivity index (χ2v) is 7.85. The van der Waals surface area contributed by atoms with Crippen molar-refractivity contribution in [3.63, 3.8) is 0 Å². The van der Waals surface area contributed by atoms with E-state index < -0.39 is 37.4 Å². The van der Waals surface area contributed by atoms with Gasteiger partial charge in [-0.05, 0) is 31.7 Å². The Morgan fingerprint density at radius 2 is 1.83 bits per heavy atom. The third kappa shape index (κ3) is 4.75. The molecule has 0 saturated carbocycles. The molecule has 1 aromatic carbocycles. The number of carboxylic acids is 1. The van der Waals surface area contributed by atoms with Gasteiger partial charge in [0.2, 0.25) is 10.0 Å². The van der Waals surface area contributed by atoms with Crippen molar-refractivity contribution < 1.29 is 23.2 Å². The maximum Gasteiger partial charge on any atom is 0.307 e. The monoisotopic (exact) mass is 358 g/mol. The van der Waals surface area contributed by atoms with Crippen LogP contribution in [-0.4, -0.2) is 31.0 Å². The number of hydrogen-bond donors (Lipinski definition) is 2. The van der Waals surface area contributed by atoms with Crippen LogP contribution in [0.25, 0.3) is 0 Å². The molecule has 0 bridgehead atoms. The molecule has 24 heavy (non-hydrogen) atoms. The normalized spacial score (nSPS) is 13.0. The molecule has 0 saturated heterocycles. The highest BCUT2D eigenvalue weighted by atomic mass is 32.2. The fraction of sp³-hybridized carbons (Fsp3) is 0.533. The first-order chi connectivity index (χ1) is 11.0. The van der Waals surface area contributed by atoms with Gasteiger partial charge in [-0.2, -0.15) is 0 Å². The molecule has 9 heteroatoms. The topological polar surface area (TPSA) is 127 Å². The Morgan fingerprint density at radius 3 is 2.29 bits per heavy atom. The molecule has 0 amide bonds. The molecule has 0 aliphatic heterocycles. The van der Waals surface area contributed by atoms with Crippen LogP contribution in [0, 0.1) is 35.8 Å². The van der Waals surface area contributed by atoms with Crippen molar-refractivity contribution >= 4 is 21.7 Å². The molecule has 0 heterocycles. The van der Waals surface area contributed by atoms with Gasteiger partial charge in [0, 0.05) is 12.1 Å². The number of carboxylic acid groups (broad SMARTS) is 1. The standard InChI is InChI=1S/C15H22N2O6S/c1-9(2)7-12(15(18)19)8-16-24(22,23)14-11(4)6-5-10(3)13(14)17(20)21/h5-6,9,12,16H,7-8H2,1-4H3,(H,18,19). The molecule has 1 atom stereocenters. The summed E-state index contributed by atoms with van der Waals surface area (Å²) in [5, 5.41) is 20.4. The van der Waals surface area contributed by atoms with Gasteiger partial charge in [0.25, 0.3) is 5.69 Å². The van der Waals surface area contributed by atoms with Crippen molar-refractivity contribution in [2.24, 2.45) is 11.8 Å². The molecule has 1 unspecified atom stereocenters. The van der Waals surface area contributed by atoms with E-state index in [4.69, 9.17) is 0 Å². The smallest absolute Gasteiger partial charge is 0.307 e. The molecule has 0 aliphatic rings. The average Bonchev–Trinajstić information content (AvgIpc) is 2.44. The number of aryl methyl sites for hydroxylation is 2. The zero-order valence-corrected chi connectivity index (χ0v) is 14.9. The number of nitrogens with zero attached hydrogens (tertiary/aromatic N) is 1. The Bertz CT molecular complexity index is 743. The number of aliphatic carboxylic acids is 1. The van der Waals surface area contributed by atoms with Crippen LogP contribution in [0.2, 0.25) is 0 Å². The quantitative estimate of drug-likeness (QED) is 0.542. The van der Waals surface area contributed by atoms with Crippen LogP contribution in [0.4, 0.5) is 5.69 Å². The lowest BCUT2D eigenvalue weighted by Crippen LogP contribution is -2.34. The van der Waals surface area contributed by atoms with E-state index in [-0.39, 0.29) is 23.6 Å². The fourth-order valence-corrected chi connectivity index (χ4v) is 4.01. The molecule has 134 valence electrons. The number of nitro benzene ring substituents is 1. The van der Waals surface area contributed by atoms with Gasteiger partial charge >= 0.3 is 5.97 Å². The molecule has 1 rings (SSSR count). The lowest BCUT2D eigenvalue weighted by atomic mass is 9.98. The fourth-order valence-electron chi connectivity index (χ4n) is 2.46. The van der Waals surface area contributed by atoms with Crippen LogP contribution in [0.15, 0.2) is 17.0 Å². The number of benzene rings is 1. The van der Waals surface area contributed by atoms with Gasteiger partial charge in [0.15, 0.2) is 4.90 Å². The number of nitrogens with one attached hydrogen (secondary N) is 1. The van der Waals surface area contributed by atoms with Crippen molar-refractivity contribution in [1.29, 1.82) is 0 Å². The van der Waals surface area contributed by atoms with Gasteiger partial charge in [-0.3, -0.25) is 14.9 Å². The molecule has 8 nitrogen and oxygen atoms in total. The Morgan fingerprint density at radius 1 is 1.29 bits per heavy atom. The van der Waals surface area contributed by atoms with E-state index in [0.717, 1.165) is 0 Å². The first kappa shape index (κ1) is 20.0. The summed E-state index contributed by atoms with van der Waals surface area (Å²) in [4.78, 5) is 21.3. The predicted molar refractivity (Wildman–Crippen MR) is 88.3 cm³/mol. The highest BCUT2D eigenvalue weighted by molar-refractivity contribution is 7.89. The minimum absolute atomic E-state index is 0.0747. The molecule has 0 radical (unpaired) electrons. The Kier molecular flexibility index (Phi) is 6.44. The maximum atomic E-state index is 12.5. The summed E-state index contributed by atoms with van der Waals surface area (Å²) in [6.07, 6.45) is 0.298. The summed E-state index contributed by atoms with van der Waals surface area (Å²) in [5.41, 5.74) is -0.0308. The predicted octanol–water partition coefficient (Wildman–Crippen LogP) is 2.24. The highest BCUT2D eigenvalue weighted by Crippen LogP contribution is 2.30. The number of hydrogen-bond acceptors (Lipinski definition) is 5. The third-order valence-electron chi connectivity index (χ3n) is 3.61. The van der Waals surface area contributed by atoms with Crippen molar-refractivity contribution in [2.75, 3.05) is 6.54 Å². The van der Waals surface area contributed by atoms with Gasteiger partial charge in [-0.15, -0.1) is 0 Å². The van der Waals surface area contributed by atoms with Gasteiger partial charge < -0.3 is 5.11 Å². The molecule has 2 N–H and O–H groups in total. The second-order valence-electron chi connectivity index (χ2n) is 6.15. The van der Waals surface area contributed by atoms with Crippen molar-refractivity contribution in [3.05, 3.63) is 33.4 Å². The lowest BCUT2D eigenvalue weighted by Gasteiger charge is -2.16. The Labute approximate surface area is 141 Å². The van der Waals surface area contributed by atoms with Gasteiger partial charge in [-0.1, -0.05) is 26.0 Å². The zero-order chi connectivity index (χ0) is 18.7. The zero-order valence-electron chi connectivity index (χ0n) is 14.1. The van der Waals surface area contributed by atoms with Gasteiger partial charge in [0.05, 0.1) is 10.8 Å². The molecule has 0 aliphatic carbocycles. The maximum absolute atomic E-state index is 12.5. The van der Waals surface area contributed by atoms with Gasteiger partial charge in [0.1, 0.15) is 0 Å². The van der Waals surface area contributed by atoms with Crippen molar-refractivity contribution in [2.45, 2.75) is 39.0 Å². The van der Waals surface area contributed by atoms with Gasteiger partial charge in [-0.25, -0.2) is 13.1 Å². The summed E-state index contributed by atoms with van der Waals surface area (Å²) < 4.78 is 27.3. The lowest BCUT2D eigenvalue weighted by molar-refractivity contribution is -0.388. The Balaban J connectivity index is 3.20. The van der Waals surface area contributed by atoms with Crippen LogP contribution in [0.5, 0.6) is 0 Å². The van der Waals surface area contributed by atoms with E-state index in [0.29, 0.717) is 6.42 Å². The van der Waals surface area contributed by atoms with Crippen LogP contribution in [-0.2, 0) is 14.8 Å². The molecular weight excluding hydrogens is 336 g/mol. The largest absolute Gasteiger partial charge is 0.481 e.